The lowest BCUT2D eigenvalue weighted by Crippen LogP contribution is -3.20. The standard InChI is InChI=1S/C11H21N3S/c1-2-13-9-14(8-12-11(13)15)10-6-4-3-5-7-10/h10H,2-9H2,1H3,(H,12,15)/p+1. The predicted octanol–water partition coefficient (Wildman–Crippen LogP) is 0.329. The molecule has 86 valence electrons. The number of quaternary nitrogens is 1. The summed E-state index contributed by atoms with van der Waals surface area (Å²) in [5.41, 5.74) is 0. The summed E-state index contributed by atoms with van der Waals surface area (Å²) in [5, 5.41) is 4.29. The van der Waals surface area contributed by atoms with E-state index in [9.17, 15) is 0 Å². The van der Waals surface area contributed by atoms with Gasteiger partial charge in [-0.3, -0.25) is 4.90 Å². The van der Waals surface area contributed by atoms with Gasteiger partial charge >= 0.3 is 0 Å². The third-order valence-corrected chi connectivity index (χ3v) is 4.11. The van der Waals surface area contributed by atoms with Crippen molar-refractivity contribution in [2.45, 2.75) is 45.1 Å². The first-order chi connectivity index (χ1) is 7.31. The minimum atomic E-state index is 0.864. The smallest absolute Gasteiger partial charge is 0.177 e. The molecule has 1 unspecified atom stereocenters. The molecule has 0 bridgehead atoms. The number of nitrogens with one attached hydrogen (secondary N) is 2. The molecule has 2 fully saturated rings. The van der Waals surface area contributed by atoms with Crippen molar-refractivity contribution in [2.75, 3.05) is 19.9 Å². The van der Waals surface area contributed by atoms with E-state index >= 15 is 0 Å². The average molecular weight is 228 g/mol. The molecule has 15 heavy (non-hydrogen) atoms. The minimum absolute atomic E-state index is 0.864. The lowest BCUT2D eigenvalue weighted by molar-refractivity contribution is -0.940. The molecule has 0 radical (unpaired) electrons. The fraction of sp³-hybridized carbons (Fsp3) is 0.909. The summed E-state index contributed by atoms with van der Waals surface area (Å²) in [7, 11) is 0. The Morgan fingerprint density at radius 1 is 1.40 bits per heavy atom. The largest absolute Gasteiger partial charge is 0.316 e. The fourth-order valence-corrected chi connectivity index (χ4v) is 2.98. The average Bonchev–Trinajstić information content (AvgIpc) is 2.31. The Morgan fingerprint density at radius 3 is 2.80 bits per heavy atom. The van der Waals surface area contributed by atoms with E-state index in [1.807, 2.05) is 0 Å². The SMILES string of the molecule is CCN1C[NH+](C2CCCCC2)CNC1=S. The van der Waals surface area contributed by atoms with Crippen LogP contribution in [0.25, 0.3) is 0 Å². The first-order valence-electron chi connectivity index (χ1n) is 6.18. The molecule has 0 aromatic rings. The van der Waals surface area contributed by atoms with E-state index in [0.717, 1.165) is 31.0 Å². The molecule has 1 aliphatic carbocycles. The second kappa shape index (κ2) is 5.12. The first-order valence-corrected chi connectivity index (χ1v) is 6.59. The van der Waals surface area contributed by atoms with Crippen molar-refractivity contribution in [3.8, 4) is 0 Å². The predicted molar refractivity (Wildman–Crippen MR) is 65.7 cm³/mol. The summed E-state index contributed by atoms with van der Waals surface area (Å²) in [4.78, 5) is 3.97. The van der Waals surface area contributed by atoms with Crippen molar-refractivity contribution in [3.05, 3.63) is 0 Å². The maximum atomic E-state index is 5.28. The molecular weight excluding hydrogens is 206 g/mol. The third-order valence-electron chi connectivity index (χ3n) is 3.71. The van der Waals surface area contributed by atoms with Crippen LogP contribution in [0.15, 0.2) is 0 Å². The lowest BCUT2D eigenvalue weighted by atomic mass is 9.94. The molecule has 1 heterocycles. The molecule has 0 amide bonds. The maximum absolute atomic E-state index is 5.28. The van der Waals surface area contributed by atoms with Gasteiger partial charge in [0.1, 0.15) is 0 Å². The number of thiocarbonyl (C=S) groups is 1. The van der Waals surface area contributed by atoms with Crippen LogP contribution < -0.4 is 10.2 Å². The Balaban J connectivity index is 1.89. The van der Waals surface area contributed by atoms with Crippen LogP contribution in [-0.4, -0.2) is 35.9 Å². The van der Waals surface area contributed by atoms with E-state index in [2.05, 4.69) is 17.1 Å². The summed E-state index contributed by atoms with van der Waals surface area (Å²) in [6, 6.07) is 0.864. The van der Waals surface area contributed by atoms with Crippen LogP contribution in [0.3, 0.4) is 0 Å². The van der Waals surface area contributed by atoms with E-state index in [1.165, 1.54) is 32.1 Å². The second-order valence-electron chi connectivity index (χ2n) is 4.67. The summed E-state index contributed by atoms with van der Waals surface area (Å²) < 4.78 is 0. The van der Waals surface area contributed by atoms with E-state index in [0.29, 0.717) is 0 Å². The number of hydrogen-bond acceptors (Lipinski definition) is 1. The van der Waals surface area contributed by atoms with Crippen LogP contribution in [-0.2, 0) is 0 Å². The van der Waals surface area contributed by atoms with Crippen molar-refractivity contribution in [1.29, 1.82) is 0 Å². The van der Waals surface area contributed by atoms with Gasteiger partial charge in [0, 0.05) is 6.54 Å². The summed E-state index contributed by atoms with van der Waals surface area (Å²) in [6.07, 6.45) is 7.09. The van der Waals surface area contributed by atoms with Gasteiger partial charge in [-0.25, -0.2) is 0 Å². The van der Waals surface area contributed by atoms with Gasteiger partial charge < -0.3 is 10.2 Å². The zero-order chi connectivity index (χ0) is 10.7. The second-order valence-corrected chi connectivity index (χ2v) is 5.05. The Bertz CT molecular complexity index is 226. The van der Waals surface area contributed by atoms with Crippen molar-refractivity contribution in [1.82, 2.24) is 10.2 Å². The molecule has 1 saturated heterocycles. The van der Waals surface area contributed by atoms with Gasteiger partial charge in [0.25, 0.3) is 0 Å². The number of nitrogens with zero attached hydrogens (tertiary/aromatic N) is 1. The highest BCUT2D eigenvalue weighted by Gasteiger charge is 2.29. The van der Waals surface area contributed by atoms with Crippen LogP contribution >= 0.6 is 12.2 Å². The number of rotatable bonds is 2. The van der Waals surface area contributed by atoms with Gasteiger partial charge in [0.15, 0.2) is 18.4 Å². The molecule has 1 aliphatic heterocycles. The van der Waals surface area contributed by atoms with Gasteiger partial charge in [-0.15, -0.1) is 0 Å². The Hall–Kier alpha value is -0.350. The molecule has 2 aliphatic rings. The Labute approximate surface area is 97.8 Å². The van der Waals surface area contributed by atoms with Gasteiger partial charge in [0.05, 0.1) is 6.04 Å². The molecule has 1 saturated carbocycles. The van der Waals surface area contributed by atoms with E-state index in [-0.39, 0.29) is 0 Å². The Kier molecular flexibility index (Phi) is 3.81. The highest BCUT2D eigenvalue weighted by atomic mass is 32.1. The van der Waals surface area contributed by atoms with Gasteiger partial charge in [-0.05, 0) is 44.8 Å². The molecular formula is C11H22N3S+. The molecule has 2 rings (SSSR count). The highest BCUT2D eigenvalue weighted by molar-refractivity contribution is 7.80. The van der Waals surface area contributed by atoms with Crippen molar-refractivity contribution >= 4 is 17.3 Å². The van der Waals surface area contributed by atoms with Crippen LogP contribution in [0.5, 0.6) is 0 Å². The molecule has 3 nitrogen and oxygen atoms in total. The van der Waals surface area contributed by atoms with E-state index in [1.54, 1.807) is 4.90 Å². The van der Waals surface area contributed by atoms with E-state index < -0.39 is 0 Å². The van der Waals surface area contributed by atoms with Gasteiger partial charge in [-0.1, -0.05) is 6.42 Å². The summed E-state index contributed by atoms with van der Waals surface area (Å²) in [5.74, 6) is 0. The zero-order valence-electron chi connectivity index (χ0n) is 9.59. The van der Waals surface area contributed by atoms with Crippen molar-refractivity contribution < 1.29 is 4.90 Å². The molecule has 0 aromatic carbocycles. The monoisotopic (exact) mass is 228 g/mol. The van der Waals surface area contributed by atoms with Crippen LogP contribution in [0, 0.1) is 0 Å². The molecule has 2 N–H and O–H groups in total. The van der Waals surface area contributed by atoms with Crippen LogP contribution in [0.2, 0.25) is 0 Å². The molecule has 0 aromatic heterocycles. The maximum Gasteiger partial charge on any atom is 0.177 e. The van der Waals surface area contributed by atoms with Gasteiger partial charge in [-0.2, -0.15) is 0 Å². The molecule has 0 spiro atoms. The van der Waals surface area contributed by atoms with Crippen molar-refractivity contribution in [2.24, 2.45) is 0 Å². The van der Waals surface area contributed by atoms with Crippen LogP contribution in [0.4, 0.5) is 0 Å². The van der Waals surface area contributed by atoms with Gasteiger partial charge in [0.2, 0.25) is 0 Å². The normalized spacial score (nSPS) is 29.0. The Morgan fingerprint density at radius 2 is 2.13 bits per heavy atom. The quantitative estimate of drug-likeness (QED) is 0.665. The minimum Gasteiger partial charge on any atom is -0.316 e. The van der Waals surface area contributed by atoms with E-state index in [4.69, 9.17) is 12.2 Å². The zero-order valence-corrected chi connectivity index (χ0v) is 10.4. The third kappa shape index (κ3) is 2.61. The topological polar surface area (TPSA) is 19.7 Å². The number of hydrogen-bond donors (Lipinski definition) is 2. The van der Waals surface area contributed by atoms with Crippen LogP contribution in [0.1, 0.15) is 39.0 Å². The molecule has 4 heteroatoms. The lowest BCUT2D eigenvalue weighted by Gasteiger charge is -2.39. The summed E-state index contributed by atoms with van der Waals surface area (Å²) >= 11 is 5.28. The fourth-order valence-electron chi connectivity index (χ4n) is 2.71. The summed E-state index contributed by atoms with van der Waals surface area (Å²) in [6.45, 7) is 5.34. The highest BCUT2D eigenvalue weighted by Crippen LogP contribution is 2.15. The molecule has 1 atom stereocenters. The van der Waals surface area contributed by atoms with Crippen molar-refractivity contribution in [3.63, 3.8) is 0 Å². The first kappa shape index (κ1) is 11.1.